The molecule has 0 aliphatic heterocycles. The molecule has 224 valence electrons. The predicted octanol–water partition coefficient (Wildman–Crippen LogP) is 12.7. The molecule has 0 bridgehead atoms. The van der Waals surface area contributed by atoms with Crippen LogP contribution in [0.3, 0.4) is 0 Å². The molecule has 0 N–H and O–H groups in total. The van der Waals surface area contributed by atoms with Gasteiger partial charge in [-0.2, -0.15) is 0 Å². The number of nitrogens with zero attached hydrogens (tertiary/aromatic N) is 1. The first-order valence-electron chi connectivity index (χ1n) is 16.2. The zero-order chi connectivity index (χ0) is 31.3. The first kappa shape index (κ1) is 25.6. The molecule has 0 amide bonds. The van der Waals surface area contributed by atoms with E-state index in [-0.39, 0.29) is 0 Å². The second-order valence-electron chi connectivity index (χ2n) is 12.4. The smallest absolute Gasteiger partial charge is 0.161 e. The van der Waals surface area contributed by atoms with E-state index in [0.717, 1.165) is 105 Å². The van der Waals surface area contributed by atoms with Crippen LogP contribution in [0, 0.1) is 0 Å². The third-order valence-corrected chi connectivity index (χ3v) is 9.83. The van der Waals surface area contributed by atoms with Gasteiger partial charge >= 0.3 is 0 Å². The number of furan rings is 3. The molecule has 4 nitrogen and oxygen atoms in total. The highest BCUT2D eigenvalue weighted by Gasteiger charge is 2.24. The molecule has 0 radical (unpaired) electrons. The van der Waals surface area contributed by atoms with Gasteiger partial charge in [0.15, 0.2) is 5.58 Å². The highest BCUT2D eigenvalue weighted by atomic mass is 16.3. The van der Waals surface area contributed by atoms with Gasteiger partial charge in [0.05, 0.1) is 5.52 Å². The van der Waals surface area contributed by atoms with Gasteiger partial charge in [-0.05, 0) is 54.1 Å². The Kier molecular flexibility index (Phi) is 5.08. The summed E-state index contributed by atoms with van der Waals surface area (Å²) in [5.74, 6) is 0. The van der Waals surface area contributed by atoms with Crippen molar-refractivity contribution in [3.8, 4) is 27.9 Å². The van der Waals surface area contributed by atoms with E-state index >= 15 is 0 Å². The molecule has 4 aromatic heterocycles. The lowest BCUT2D eigenvalue weighted by Crippen LogP contribution is -1.93. The van der Waals surface area contributed by atoms with Crippen LogP contribution in [-0.2, 0) is 0 Å². The number of aromatic nitrogens is 1. The van der Waals surface area contributed by atoms with Crippen molar-refractivity contribution < 1.29 is 13.3 Å². The number of rotatable bonds is 3. The molecule has 0 atom stereocenters. The van der Waals surface area contributed by atoms with Crippen molar-refractivity contribution in [3.05, 3.63) is 152 Å². The van der Waals surface area contributed by atoms with Crippen LogP contribution in [0.4, 0.5) is 0 Å². The van der Waals surface area contributed by atoms with Crippen LogP contribution in [0.15, 0.2) is 165 Å². The van der Waals surface area contributed by atoms with Gasteiger partial charge in [0.1, 0.15) is 33.4 Å². The topological polar surface area (TPSA) is 44.4 Å². The summed E-state index contributed by atoms with van der Waals surface area (Å²) in [4.78, 5) is 0. The van der Waals surface area contributed by atoms with Crippen molar-refractivity contribution in [1.29, 1.82) is 0 Å². The van der Waals surface area contributed by atoms with Crippen molar-refractivity contribution >= 4 is 76.8 Å². The molecular formula is C44H25NO3. The molecule has 0 aliphatic rings. The number of fused-ring (bicyclic) bond motifs is 11. The fourth-order valence-electron chi connectivity index (χ4n) is 7.77. The largest absolute Gasteiger partial charge is 0.455 e. The van der Waals surface area contributed by atoms with Crippen LogP contribution in [0.5, 0.6) is 0 Å². The van der Waals surface area contributed by atoms with E-state index in [4.69, 9.17) is 13.3 Å². The zero-order valence-electron chi connectivity index (χ0n) is 25.6. The normalized spacial score (nSPS) is 12.2. The Hall–Kier alpha value is -6.52. The average Bonchev–Trinajstić information content (AvgIpc) is 3.90. The molecule has 0 unspecified atom stereocenters. The summed E-state index contributed by atoms with van der Waals surface area (Å²) in [6.07, 6.45) is 0. The van der Waals surface area contributed by atoms with E-state index in [1.165, 1.54) is 0 Å². The Morgan fingerprint density at radius 2 is 0.896 bits per heavy atom. The molecule has 0 saturated heterocycles. The maximum absolute atomic E-state index is 6.91. The summed E-state index contributed by atoms with van der Waals surface area (Å²) in [6.45, 7) is 0. The molecule has 4 heterocycles. The molecule has 0 spiro atoms. The number of para-hydroxylation sites is 6. The van der Waals surface area contributed by atoms with Crippen molar-refractivity contribution in [2.45, 2.75) is 0 Å². The minimum Gasteiger partial charge on any atom is -0.455 e. The highest BCUT2D eigenvalue weighted by molar-refractivity contribution is 6.22. The lowest BCUT2D eigenvalue weighted by molar-refractivity contribution is 0.666. The second-order valence-corrected chi connectivity index (χ2v) is 12.4. The number of hydrogen-bond donors (Lipinski definition) is 0. The molecule has 48 heavy (non-hydrogen) atoms. The van der Waals surface area contributed by atoms with E-state index in [0.29, 0.717) is 0 Å². The van der Waals surface area contributed by atoms with Crippen LogP contribution in [0.2, 0.25) is 0 Å². The SMILES string of the molecule is c1ccc(-n2c3ccccc3c3oc4c(-c5ccc(-c6cccc7c6oc6ccccc67)c6c5oc5ccccc56)cccc4c32)cc1. The Morgan fingerprint density at radius 3 is 1.73 bits per heavy atom. The summed E-state index contributed by atoms with van der Waals surface area (Å²) >= 11 is 0. The lowest BCUT2D eigenvalue weighted by Gasteiger charge is -2.10. The summed E-state index contributed by atoms with van der Waals surface area (Å²) < 4.78 is 22.5. The number of benzene rings is 7. The molecule has 11 aromatic rings. The van der Waals surface area contributed by atoms with E-state index < -0.39 is 0 Å². The summed E-state index contributed by atoms with van der Waals surface area (Å²) in [7, 11) is 0. The quantitative estimate of drug-likeness (QED) is 0.199. The molecule has 4 heteroatoms. The molecular weight excluding hydrogens is 590 g/mol. The van der Waals surface area contributed by atoms with E-state index in [1.807, 2.05) is 24.3 Å². The predicted molar refractivity (Wildman–Crippen MR) is 196 cm³/mol. The van der Waals surface area contributed by atoms with Crippen LogP contribution in [0.1, 0.15) is 0 Å². The monoisotopic (exact) mass is 615 g/mol. The van der Waals surface area contributed by atoms with Crippen LogP contribution >= 0.6 is 0 Å². The summed E-state index contributed by atoms with van der Waals surface area (Å²) in [6, 6.07) is 52.7. The third-order valence-electron chi connectivity index (χ3n) is 9.83. The minimum absolute atomic E-state index is 0.825. The Bertz CT molecular complexity index is 3060. The maximum Gasteiger partial charge on any atom is 0.161 e. The molecule has 0 saturated carbocycles. The van der Waals surface area contributed by atoms with Crippen LogP contribution in [-0.4, -0.2) is 4.57 Å². The summed E-state index contributed by atoms with van der Waals surface area (Å²) in [5, 5.41) is 6.48. The van der Waals surface area contributed by atoms with Gasteiger partial charge in [0.2, 0.25) is 0 Å². The average molecular weight is 616 g/mol. The van der Waals surface area contributed by atoms with Gasteiger partial charge in [-0.3, -0.25) is 0 Å². The Balaban J connectivity index is 1.22. The maximum atomic E-state index is 6.91. The van der Waals surface area contributed by atoms with Crippen molar-refractivity contribution in [2.24, 2.45) is 0 Å². The fraction of sp³-hybridized carbons (Fsp3) is 0. The van der Waals surface area contributed by atoms with E-state index in [2.05, 4.69) is 132 Å². The van der Waals surface area contributed by atoms with Crippen LogP contribution < -0.4 is 0 Å². The van der Waals surface area contributed by atoms with Crippen LogP contribution in [0.25, 0.3) is 105 Å². The van der Waals surface area contributed by atoms with E-state index in [1.54, 1.807) is 0 Å². The first-order valence-corrected chi connectivity index (χ1v) is 16.2. The Labute approximate surface area is 273 Å². The van der Waals surface area contributed by atoms with Gasteiger partial charge in [-0.25, -0.2) is 0 Å². The second kappa shape index (κ2) is 9.50. The molecule has 0 fully saturated rings. The third kappa shape index (κ3) is 3.38. The Morgan fingerprint density at radius 1 is 0.333 bits per heavy atom. The minimum atomic E-state index is 0.825. The van der Waals surface area contributed by atoms with Crippen molar-refractivity contribution in [2.75, 3.05) is 0 Å². The molecule has 7 aromatic carbocycles. The van der Waals surface area contributed by atoms with E-state index in [9.17, 15) is 0 Å². The standard InChI is InChI=1S/C44H25NO3/c1-2-12-26(13-3-1)45-36-21-7-4-15-33(36)44-40(45)35-20-11-19-31(42(35)48-44)32-25-24-28(39-34-16-6-9-23-38(34)47-43(32)39)30-18-10-17-29-27-14-5-8-22-37(27)46-41(29)30/h1-25H. The first-order chi connectivity index (χ1) is 23.8. The van der Waals surface area contributed by atoms with Crippen molar-refractivity contribution in [3.63, 3.8) is 0 Å². The zero-order valence-corrected chi connectivity index (χ0v) is 25.6. The van der Waals surface area contributed by atoms with Gasteiger partial charge in [0, 0.05) is 54.7 Å². The van der Waals surface area contributed by atoms with Gasteiger partial charge in [0.25, 0.3) is 0 Å². The van der Waals surface area contributed by atoms with Gasteiger partial charge in [-0.1, -0.05) is 103 Å². The fourth-order valence-corrected chi connectivity index (χ4v) is 7.77. The molecule has 0 aliphatic carbocycles. The molecule has 11 rings (SSSR count). The summed E-state index contributed by atoms with van der Waals surface area (Å²) in [5.41, 5.74) is 12.5. The van der Waals surface area contributed by atoms with Gasteiger partial charge < -0.3 is 17.8 Å². The van der Waals surface area contributed by atoms with Gasteiger partial charge in [-0.15, -0.1) is 0 Å². The highest BCUT2D eigenvalue weighted by Crippen LogP contribution is 2.47. The lowest BCUT2D eigenvalue weighted by atomic mass is 9.93. The number of hydrogen-bond acceptors (Lipinski definition) is 3. The van der Waals surface area contributed by atoms with Crippen molar-refractivity contribution in [1.82, 2.24) is 4.57 Å².